The first-order valence-electron chi connectivity index (χ1n) is 7.28. The highest BCUT2D eigenvalue weighted by Gasteiger charge is 2.22. The quantitative estimate of drug-likeness (QED) is 0.757. The third kappa shape index (κ3) is 1.85. The molecule has 3 nitrogen and oxygen atoms in total. The monoisotopic (exact) mass is 276 g/mol. The molecule has 0 fully saturated rings. The predicted octanol–water partition coefficient (Wildman–Crippen LogP) is 3.92. The first-order chi connectivity index (χ1) is 10.4. The number of aromatic hydroxyl groups is 1. The molecular weight excluding hydrogens is 260 g/mol. The fraction of sp³-hybridized carbons (Fsp3) is 0.167. The maximum Gasteiger partial charge on any atom is 0.206 e. The third-order valence-corrected chi connectivity index (χ3v) is 4.03. The molecule has 0 spiro atoms. The summed E-state index contributed by atoms with van der Waals surface area (Å²) in [6.07, 6.45) is 2.01. The molecule has 0 bridgehead atoms. The van der Waals surface area contributed by atoms with Crippen LogP contribution in [0.5, 0.6) is 5.88 Å². The lowest BCUT2D eigenvalue weighted by molar-refractivity contribution is 0.444. The van der Waals surface area contributed by atoms with Gasteiger partial charge in [0.1, 0.15) is 0 Å². The Kier molecular flexibility index (Phi) is 2.78. The van der Waals surface area contributed by atoms with Gasteiger partial charge in [-0.1, -0.05) is 36.4 Å². The molecule has 1 N–H and O–H groups in total. The number of fused-ring (bicyclic) bond motifs is 1. The average Bonchev–Trinajstić information content (AvgIpc) is 3.13. The number of aliphatic imine (C=N–C) groups is 1. The smallest absolute Gasteiger partial charge is 0.206 e. The zero-order valence-corrected chi connectivity index (χ0v) is 11.7. The topological polar surface area (TPSA) is 37.5 Å². The Morgan fingerprint density at radius 1 is 0.952 bits per heavy atom. The van der Waals surface area contributed by atoms with Gasteiger partial charge in [-0.3, -0.25) is 9.56 Å². The highest BCUT2D eigenvalue weighted by atomic mass is 16.3. The van der Waals surface area contributed by atoms with E-state index in [0.29, 0.717) is 5.88 Å². The molecule has 3 heteroatoms. The minimum atomic E-state index is 0.294. The van der Waals surface area contributed by atoms with E-state index in [1.54, 1.807) is 0 Å². The summed E-state index contributed by atoms with van der Waals surface area (Å²) in [7, 11) is 0. The van der Waals surface area contributed by atoms with Gasteiger partial charge in [-0.2, -0.15) is 0 Å². The van der Waals surface area contributed by atoms with E-state index >= 15 is 0 Å². The summed E-state index contributed by atoms with van der Waals surface area (Å²) in [4.78, 5) is 4.57. The van der Waals surface area contributed by atoms with Crippen molar-refractivity contribution in [1.82, 2.24) is 4.57 Å². The van der Waals surface area contributed by atoms with Crippen LogP contribution in [-0.4, -0.2) is 21.9 Å². The van der Waals surface area contributed by atoms with E-state index in [4.69, 9.17) is 0 Å². The lowest BCUT2D eigenvalue weighted by Crippen LogP contribution is -1.97. The van der Waals surface area contributed by atoms with Crippen LogP contribution in [0.3, 0.4) is 0 Å². The van der Waals surface area contributed by atoms with Crippen LogP contribution >= 0.6 is 0 Å². The minimum Gasteiger partial charge on any atom is -0.494 e. The SMILES string of the molecule is Oc1c(C2=NCCC2)c2ccccc2n1-c1ccccc1. The highest BCUT2D eigenvalue weighted by Crippen LogP contribution is 2.36. The second-order valence-electron chi connectivity index (χ2n) is 5.32. The van der Waals surface area contributed by atoms with Gasteiger partial charge in [0.2, 0.25) is 5.88 Å². The molecule has 1 aromatic heterocycles. The van der Waals surface area contributed by atoms with Crippen molar-refractivity contribution in [1.29, 1.82) is 0 Å². The van der Waals surface area contributed by atoms with Crippen molar-refractivity contribution >= 4 is 16.6 Å². The molecule has 0 unspecified atom stereocenters. The Morgan fingerprint density at radius 3 is 2.48 bits per heavy atom. The Hall–Kier alpha value is -2.55. The van der Waals surface area contributed by atoms with Crippen molar-refractivity contribution in [2.75, 3.05) is 6.54 Å². The van der Waals surface area contributed by atoms with Crippen LogP contribution in [0.1, 0.15) is 18.4 Å². The van der Waals surface area contributed by atoms with E-state index in [1.807, 2.05) is 53.1 Å². The van der Waals surface area contributed by atoms with Crippen LogP contribution in [0.15, 0.2) is 59.6 Å². The van der Waals surface area contributed by atoms with Gasteiger partial charge in [0, 0.05) is 23.3 Å². The molecule has 3 aromatic rings. The molecule has 0 saturated carbocycles. The van der Waals surface area contributed by atoms with Crippen LogP contribution in [0.4, 0.5) is 0 Å². The van der Waals surface area contributed by atoms with Crippen LogP contribution in [0, 0.1) is 0 Å². The molecular formula is C18H16N2O. The maximum atomic E-state index is 10.8. The molecule has 21 heavy (non-hydrogen) atoms. The fourth-order valence-corrected chi connectivity index (χ4v) is 3.09. The summed E-state index contributed by atoms with van der Waals surface area (Å²) in [5.41, 5.74) is 3.91. The number of benzene rings is 2. The Balaban J connectivity index is 2.06. The summed E-state index contributed by atoms with van der Waals surface area (Å²) in [5.74, 6) is 0.294. The second-order valence-corrected chi connectivity index (χ2v) is 5.32. The van der Waals surface area contributed by atoms with E-state index in [2.05, 4.69) is 11.1 Å². The number of nitrogens with zero attached hydrogens (tertiary/aromatic N) is 2. The van der Waals surface area contributed by atoms with Crippen molar-refractivity contribution < 1.29 is 5.11 Å². The molecule has 0 amide bonds. The van der Waals surface area contributed by atoms with Gasteiger partial charge in [0.05, 0.1) is 11.1 Å². The first kappa shape index (κ1) is 12.2. The van der Waals surface area contributed by atoms with E-state index in [1.165, 1.54) is 0 Å². The summed E-state index contributed by atoms with van der Waals surface area (Å²) >= 11 is 0. The highest BCUT2D eigenvalue weighted by molar-refractivity contribution is 6.14. The van der Waals surface area contributed by atoms with Gasteiger partial charge in [0.15, 0.2) is 0 Å². The van der Waals surface area contributed by atoms with Crippen molar-refractivity contribution in [2.45, 2.75) is 12.8 Å². The van der Waals surface area contributed by atoms with E-state index in [9.17, 15) is 5.11 Å². The van der Waals surface area contributed by atoms with Crippen LogP contribution in [0.25, 0.3) is 16.6 Å². The average molecular weight is 276 g/mol. The van der Waals surface area contributed by atoms with Crippen LogP contribution in [-0.2, 0) is 0 Å². The zero-order valence-electron chi connectivity index (χ0n) is 11.7. The van der Waals surface area contributed by atoms with E-state index < -0.39 is 0 Å². The van der Waals surface area contributed by atoms with Gasteiger partial charge in [-0.25, -0.2) is 0 Å². The first-order valence-corrected chi connectivity index (χ1v) is 7.28. The van der Waals surface area contributed by atoms with Crippen molar-refractivity contribution in [3.63, 3.8) is 0 Å². The lowest BCUT2D eigenvalue weighted by Gasteiger charge is -2.07. The molecule has 0 saturated heterocycles. The minimum absolute atomic E-state index is 0.294. The molecule has 4 rings (SSSR count). The normalized spacial score (nSPS) is 14.6. The fourth-order valence-electron chi connectivity index (χ4n) is 3.09. The lowest BCUT2D eigenvalue weighted by atomic mass is 10.1. The summed E-state index contributed by atoms with van der Waals surface area (Å²) in [6, 6.07) is 18.1. The molecule has 1 aliphatic heterocycles. The van der Waals surface area contributed by atoms with E-state index in [0.717, 1.165) is 47.3 Å². The third-order valence-electron chi connectivity index (χ3n) is 4.03. The largest absolute Gasteiger partial charge is 0.494 e. The molecule has 2 aromatic carbocycles. The van der Waals surface area contributed by atoms with Gasteiger partial charge in [0.25, 0.3) is 0 Å². The molecule has 1 aliphatic rings. The van der Waals surface area contributed by atoms with Gasteiger partial charge >= 0.3 is 0 Å². The zero-order chi connectivity index (χ0) is 14.2. The van der Waals surface area contributed by atoms with E-state index in [-0.39, 0.29) is 0 Å². The Morgan fingerprint density at radius 2 is 1.71 bits per heavy atom. The number of aromatic nitrogens is 1. The number of para-hydroxylation sites is 2. The molecule has 2 heterocycles. The maximum absolute atomic E-state index is 10.8. The number of rotatable bonds is 2. The van der Waals surface area contributed by atoms with Crippen molar-refractivity contribution in [3.05, 3.63) is 60.2 Å². The van der Waals surface area contributed by atoms with Gasteiger partial charge < -0.3 is 5.11 Å². The molecule has 0 aliphatic carbocycles. The van der Waals surface area contributed by atoms with Crippen LogP contribution < -0.4 is 0 Å². The standard InChI is InChI=1S/C18H16N2O/c21-18-17(15-10-6-12-19-15)14-9-4-5-11-16(14)20(18)13-7-2-1-3-8-13/h1-5,7-9,11,21H,6,10,12H2. The molecule has 0 atom stereocenters. The van der Waals surface area contributed by atoms with Crippen molar-refractivity contribution in [3.8, 4) is 11.6 Å². The molecule has 0 radical (unpaired) electrons. The van der Waals surface area contributed by atoms with Crippen LogP contribution in [0.2, 0.25) is 0 Å². The van der Waals surface area contributed by atoms with Gasteiger partial charge in [-0.15, -0.1) is 0 Å². The Bertz CT molecular complexity index is 831. The Labute approximate surface area is 123 Å². The predicted molar refractivity (Wildman–Crippen MR) is 85.6 cm³/mol. The number of hydrogen-bond donors (Lipinski definition) is 1. The van der Waals surface area contributed by atoms with Crippen molar-refractivity contribution in [2.24, 2.45) is 4.99 Å². The van der Waals surface area contributed by atoms with Gasteiger partial charge in [-0.05, 0) is 31.0 Å². The second kappa shape index (κ2) is 4.77. The summed E-state index contributed by atoms with van der Waals surface area (Å²) in [6.45, 7) is 0.861. The summed E-state index contributed by atoms with van der Waals surface area (Å²) < 4.78 is 1.91. The number of hydrogen-bond acceptors (Lipinski definition) is 2. The molecule has 104 valence electrons. The summed E-state index contributed by atoms with van der Waals surface area (Å²) in [5, 5.41) is 11.9.